The summed E-state index contributed by atoms with van der Waals surface area (Å²) in [5, 5.41) is 1.73. The van der Waals surface area contributed by atoms with Gasteiger partial charge in [-0.3, -0.25) is 0 Å². The third kappa shape index (κ3) is 3.16. The van der Waals surface area contributed by atoms with Gasteiger partial charge in [0, 0.05) is 10.4 Å². The second-order valence-corrected chi connectivity index (χ2v) is 4.71. The Balaban J connectivity index is 2.66. The van der Waals surface area contributed by atoms with Crippen LogP contribution in [0.5, 0.6) is 0 Å². The third-order valence-corrected chi connectivity index (χ3v) is 3.28. The summed E-state index contributed by atoms with van der Waals surface area (Å²) in [5.74, 6) is -0.985. The van der Waals surface area contributed by atoms with Crippen molar-refractivity contribution in [1.82, 2.24) is 0 Å². The van der Waals surface area contributed by atoms with E-state index < -0.39 is 11.9 Å². The summed E-state index contributed by atoms with van der Waals surface area (Å²) in [7, 11) is 0. The second-order valence-electron chi connectivity index (χ2n) is 4.30. The van der Waals surface area contributed by atoms with Crippen LogP contribution in [0.25, 0.3) is 10.8 Å². The van der Waals surface area contributed by atoms with Crippen LogP contribution in [0, 0.1) is 0 Å². The Morgan fingerprint density at radius 2 is 1.67 bits per heavy atom. The lowest BCUT2D eigenvalue weighted by molar-refractivity contribution is 0.0526. The zero-order chi connectivity index (χ0) is 15.4. The summed E-state index contributed by atoms with van der Waals surface area (Å²) in [5.41, 5.74) is 0.584. The van der Waals surface area contributed by atoms with Crippen molar-refractivity contribution in [1.29, 1.82) is 0 Å². The lowest BCUT2D eigenvalue weighted by Crippen LogP contribution is -2.10. The van der Waals surface area contributed by atoms with Gasteiger partial charge in [0.05, 0.1) is 24.3 Å². The molecular weight excluding hydrogens is 292 g/mol. The molecule has 0 aliphatic carbocycles. The van der Waals surface area contributed by atoms with Crippen molar-refractivity contribution < 1.29 is 19.1 Å². The molecule has 0 saturated heterocycles. The smallest absolute Gasteiger partial charge is 0.338 e. The van der Waals surface area contributed by atoms with Crippen LogP contribution in [0.2, 0.25) is 5.02 Å². The molecule has 110 valence electrons. The summed E-state index contributed by atoms with van der Waals surface area (Å²) in [4.78, 5) is 24.0. The highest BCUT2D eigenvalue weighted by Crippen LogP contribution is 2.28. The summed E-state index contributed by atoms with van der Waals surface area (Å²) >= 11 is 6.16. The third-order valence-electron chi connectivity index (χ3n) is 2.95. The van der Waals surface area contributed by atoms with Crippen LogP contribution < -0.4 is 0 Å². The summed E-state index contributed by atoms with van der Waals surface area (Å²) in [6.45, 7) is 3.96. The minimum Gasteiger partial charge on any atom is -0.462 e. The fourth-order valence-corrected chi connectivity index (χ4v) is 2.29. The summed E-state index contributed by atoms with van der Waals surface area (Å²) in [6, 6.07) is 8.32. The minimum atomic E-state index is -0.495. The molecule has 0 aromatic heterocycles. The molecule has 0 N–H and O–H groups in total. The van der Waals surface area contributed by atoms with E-state index in [-0.39, 0.29) is 18.8 Å². The van der Waals surface area contributed by atoms with Crippen LogP contribution in [0.4, 0.5) is 0 Å². The van der Waals surface area contributed by atoms with E-state index in [1.807, 2.05) is 0 Å². The Hall–Kier alpha value is -2.07. The fraction of sp³-hybridized carbons (Fsp3) is 0.250. The molecule has 2 aromatic rings. The molecule has 5 heteroatoms. The number of hydrogen-bond donors (Lipinski definition) is 0. The molecule has 0 aliphatic heterocycles. The first-order valence-corrected chi connectivity index (χ1v) is 7.02. The first kappa shape index (κ1) is 15.3. The number of rotatable bonds is 4. The van der Waals surface area contributed by atoms with E-state index in [4.69, 9.17) is 21.1 Å². The Kier molecular flexibility index (Phi) is 4.81. The molecule has 0 unspecified atom stereocenters. The number of carbonyl (C=O) groups excluding carboxylic acids is 2. The van der Waals surface area contributed by atoms with Crippen molar-refractivity contribution in [3.63, 3.8) is 0 Å². The van der Waals surface area contributed by atoms with Gasteiger partial charge in [-0.1, -0.05) is 23.7 Å². The van der Waals surface area contributed by atoms with Crippen molar-refractivity contribution in [2.24, 2.45) is 0 Å². The van der Waals surface area contributed by atoms with Gasteiger partial charge < -0.3 is 9.47 Å². The Bertz CT molecular complexity index is 694. The Labute approximate surface area is 127 Å². The number of fused-ring (bicyclic) bond motifs is 1. The Morgan fingerprint density at radius 1 is 1.00 bits per heavy atom. The SMILES string of the molecule is CCOC(=O)c1cc(C(=O)OCC)c2cccc(Cl)c2c1. The molecule has 21 heavy (non-hydrogen) atoms. The predicted octanol–water partition coefficient (Wildman–Crippen LogP) is 3.85. The number of ether oxygens (including phenoxy) is 2. The van der Waals surface area contributed by atoms with Crippen LogP contribution in [-0.4, -0.2) is 25.2 Å². The van der Waals surface area contributed by atoms with Crippen molar-refractivity contribution in [3.8, 4) is 0 Å². The van der Waals surface area contributed by atoms with Gasteiger partial charge in [-0.05, 0) is 37.4 Å². The monoisotopic (exact) mass is 306 g/mol. The number of esters is 2. The molecule has 0 aliphatic rings. The van der Waals surface area contributed by atoms with Crippen LogP contribution >= 0.6 is 11.6 Å². The van der Waals surface area contributed by atoms with E-state index in [0.29, 0.717) is 21.4 Å². The fourth-order valence-electron chi connectivity index (χ4n) is 2.06. The van der Waals surface area contributed by atoms with E-state index in [9.17, 15) is 9.59 Å². The molecule has 0 spiro atoms. The molecule has 4 nitrogen and oxygen atoms in total. The average molecular weight is 307 g/mol. The lowest BCUT2D eigenvalue weighted by Gasteiger charge is -2.10. The molecule has 0 radical (unpaired) electrons. The van der Waals surface area contributed by atoms with E-state index in [1.54, 1.807) is 38.1 Å². The van der Waals surface area contributed by atoms with Crippen LogP contribution in [-0.2, 0) is 9.47 Å². The normalized spacial score (nSPS) is 10.4. The van der Waals surface area contributed by atoms with Gasteiger partial charge in [-0.2, -0.15) is 0 Å². The molecular formula is C16H15ClO4. The van der Waals surface area contributed by atoms with Crippen LogP contribution in [0.1, 0.15) is 34.6 Å². The van der Waals surface area contributed by atoms with Crippen LogP contribution in [0.15, 0.2) is 30.3 Å². The van der Waals surface area contributed by atoms with Gasteiger partial charge in [0.2, 0.25) is 0 Å². The number of benzene rings is 2. The quantitative estimate of drug-likeness (QED) is 0.805. The topological polar surface area (TPSA) is 52.6 Å². The number of carbonyl (C=O) groups is 2. The molecule has 0 heterocycles. The maximum absolute atomic E-state index is 12.1. The molecule has 2 rings (SSSR count). The van der Waals surface area contributed by atoms with E-state index >= 15 is 0 Å². The first-order valence-electron chi connectivity index (χ1n) is 6.65. The van der Waals surface area contributed by atoms with E-state index in [2.05, 4.69) is 0 Å². The van der Waals surface area contributed by atoms with Crippen molar-refractivity contribution in [2.45, 2.75) is 13.8 Å². The van der Waals surface area contributed by atoms with Gasteiger partial charge in [0.1, 0.15) is 0 Å². The zero-order valence-electron chi connectivity index (χ0n) is 11.8. The predicted molar refractivity (Wildman–Crippen MR) is 80.9 cm³/mol. The second kappa shape index (κ2) is 6.59. The maximum atomic E-state index is 12.1. The summed E-state index contributed by atoms with van der Waals surface area (Å²) < 4.78 is 10.0. The first-order chi connectivity index (χ1) is 10.1. The van der Waals surface area contributed by atoms with Gasteiger partial charge in [0.25, 0.3) is 0 Å². The number of hydrogen-bond acceptors (Lipinski definition) is 4. The van der Waals surface area contributed by atoms with Gasteiger partial charge >= 0.3 is 11.9 Å². The molecule has 0 bridgehead atoms. The van der Waals surface area contributed by atoms with Gasteiger partial charge in [-0.25, -0.2) is 9.59 Å². The Morgan fingerprint density at radius 3 is 2.33 bits per heavy atom. The van der Waals surface area contributed by atoms with Gasteiger partial charge in [0.15, 0.2) is 0 Å². The van der Waals surface area contributed by atoms with E-state index in [0.717, 1.165) is 0 Å². The van der Waals surface area contributed by atoms with Crippen LogP contribution in [0.3, 0.4) is 0 Å². The molecule has 0 fully saturated rings. The molecule has 0 amide bonds. The highest BCUT2D eigenvalue weighted by molar-refractivity contribution is 6.36. The highest BCUT2D eigenvalue weighted by Gasteiger charge is 2.17. The number of halogens is 1. The summed E-state index contributed by atoms with van der Waals surface area (Å²) in [6.07, 6.45) is 0. The molecule has 2 aromatic carbocycles. The molecule has 0 atom stereocenters. The lowest BCUT2D eigenvalue weighted by atomic mass is 10.0. The van der Waals surface area contributed by atoms with Crippen molar-refractivity contribution in [2.75, 3.05) is 13.2 Å². The standard InChI is InChI=1S/C16H15ClO4/c1-3-20-15(18)10-8-12-11(6-5-7-14(12)17)13(9-10)16(19)21-4-2/h5-9H,3-4H2,1-2H3. The zero-order valence-corrected chi connectivity index (χ0v) is 12.6. The highest BCUT2D eigenvalue weighted by atomic mass is 35.5. The maximum Gasteiger partial charge on any atom is 0.338 e. The van der Waals surface area contributed by atoms with E-state index in [1.165, 1.54) is 6.07 Å². The molecule has 0 saturated carbocycles. The van der Waals surface area contributed by atoms with Crippen molar-refractivity contribution >= 4 is 34.3 Å². The largest absolute Gasteiger partial charge is 0.462 e. The van der Waals surface area contributed by atoms with Gasteiger partial charge in [-0.15, -0.1) is 0 Å². The minimum absolute atomic E-state index is 0.254. The van der Waals surface area contributed by atoms with Crippen molar-refractivity contribution in [3.05, 3.63) is 46.5 Å². The average Bonchev–Trinajstić information content (AvgIpc) is 2.47.